The van der Waals surface area contributed by atoms with Crippen molar-refractivity contribution in [2.24, 2.45) is 17.8 Å². The van der Waals surface area contributed by atoms with E-state index in [0.29, 0.717) is 12.8 Å². The van der Waals surface area contributed by atoms with E-state index in [2.05, 4.69) is 0 Å². The van der Waals surface area contributed by atoms with Crippen LogP contribution >= 0.6 is 0 Å². The molecule has 0 unspecified atom stereocenters. The van der Waals surface area contributed by atoms with Gasteiger partial charge < -0.3 is 0 Å². The highest BCUT2D eigenvalue weighted by Gasteiger charge is 2.52. The van der Waals surface area contributed by atoms with E-state index in [1.807, 2.05) is 6.92 Å². The normalized spacial score (nSPS) is 21.8. The summed E-state index contributed by atoms with van der Waals surface area (Å²) in [4.78, 5) is 61.4. The molecule has 2 fully saturated rings. The Labute approximate surface area is 194 Å². The summed E-state index contributed by atoms with van der Waals surface area (Å²) in [6.07, 6.45) is 1.84. The molecule has 2 aliphatic rings. The fourth-order valence-electron chi connectivity index (χ4n) is 4.70. The topological polar surface area (TPSA) is 144 Å². The fraction of sp³-hybridized carbons (Fsp3) is 0.348. The van der Waals surface area contributed by atoms with Crippen molar-refractivity contribution in [2.45, 2.75) is 32.7 Å². The lowest BCUT2D eigenvalue weighted by atomic mass is 9.76. The van der Waals surface area contributed by atoms with E-state index in [0.717, 1.165) is 28.6 Å². The van der Waals surface area contributed by atoms with Gasteiger partial charge in [-0.1, -0.05) is 25.1 Å². The van der Waals surface area contributed by atoms with Crippen LogP contribution in [-0.4, -0.2) is 37.6 Å². The summed E-state index contributed by atoms with van der Waals surface area (Å²) in [7, 11) is 0. The quantitative estimate of drug-likeness (QED) is 0.360. The van der Waals surface area contributed by atoms with Crippen LogP contribution in [0, 0.1) is 38.0 Å². The maximum atomic E-state index is 13.5. The van der Waals surface area contributed by atoms with Gasteiger partial charge in [-0.15, -0.1) is 0 Å². The summed E-state index contributed by atoms with van der Waals surface area (Å²) < 4.78 is 0. The molecule has 1 aliphatic heterocycles. The summed E-state index contributed by atoms with van der Waals surface area (Å²) in [6, 6.07) is 10.5. The minimum atomic E-state index is -0.763. The first-order chi connectivity index (χ1) is 16.2. The summed E-state index contributed by atoms with van der Waals surface area (Å²) in [5, 5.41) is 24.3. The van der Waals surface area contributed by atoms with Crippen LogP contribution in [0.4, 0.5) is 11.4 Å². The van der Waals surface area contributed by atoms with Crippen LogP contribution in [0.5, 0.6) is 0 Å². The molecule has 0 N–H and O–H groups in total. The van der Waals surface area contributed by atoms with Gasteiger partial charge in [0, 0.05) is 23.8 Å². The first-order valence-corrected chi connectivity index (χ1v) is 10.9. The zero-order valence-electron chi connectivity index (χ0n) is 18.3. The number of hydrogen-bond donors (Lipinski definition) is 0. The van der Waals surface area contributed by atoms with Crippen molar-refractivity contribution in [1.82, 2.24) is 10.0 Å². The SMILES string of the molecule is C[C@@H]1CC[C@@H]2C(=O)N(N(Cc3ccccc3[N+](=O)[O-])C(=O)c3ccc([N+](=O)[O-])cc3)C(=O)[C@H]2C1. The first-order valence-electron chi connectivity index (χ1n) is 10.9. The Morgan fingerprint density at radius 2 is 1.62 bits per heavy atom. The molecule has 11 heteroatoms. The number of benzene rings is 2. The van der Waals surface area contributed by atoms with E-state index in [-0.39, 0.29) is 35.0 Å². The lowest BCUT2D eigenvalue weighted by Crippen LogP contribution is -2.49. The van der Waals surface area contributed by atoms with Gasteiger partial charge in [0.05, 0.1) is 33.8 Å². The highest BCUT2D eigenvalue weighted by atomic mass is 16.6. The second kappa shape index (κ2) is 9.00. The molecule has 34 heavy (non-hydrogen) atoms. The molecule has 2 aromatic rings. The number of non-ortho nitro benzene ring substituents is 1. The molecular weight excluding hydrogens is 444 g/mol. The van der Waals surface area contributed by atoms with Gasteiger partial charge in [0.2, 0.25) is 0 Å². The van der Waals surface area contributed by atoms with E-state index in [9.17, 15) is 34.6 Å². The molecule has 3 amide bonds. The zero-order valence-corrected chi connectivity index (χ0v) is 18.3. The number of carbonyl (C=O) groups excluding carboxylic acids is 3. The van der Waals surface area contributed by atoms with Gasteiger partial charge in [-0.25, -0.2) is 5.01 Å². The number of imide groups is 1. The van der Waals surface area contributed by atoms with Crippen molar-refractivity contribution in [1.29, 1.82) is 0 Å². The Bertz CT molecular complexity index is 1180. The van der Waals surface area contributed by atoms with Gasteiger partial charge in [-0.05, 0) is 37.3 Å². The van der Waals surface area contributed by atoms with E-state index < -0.39 is 39.4 Å². The van der Waals surface area contributed by atoms with Gasteiger partial charge in [-0.3, -0.25) is 34.6 Å². The van der Waals surface area contributed by atoms with Crippen LogP contribution in [0.1, 0.15) is 42.1 Å². The summed E-state index contributed by atoms with van der Waals surface area (Å²) in [5.74, 6) is -2.60. The van der Waals surface area contributed by atoms with E-state index in [4.69, 9.17) is 0 Å². The first kappa shape index (κ1) is 23.0. The molecule has 4 rings (SSSR count). The Hall–Kier alpha value is -4.15. The Balaban J connectivity index is 1.75. The molecule has 1 saturated heterocycles. The van der Waals surface area contributed by atoms with E-state index in [1.165, 1.54) is 30.3 Å². The molecule has 1 saturated carbocycles. The van der Waals surface area contributed by atoms with Crippen LogP contribution in [0.15, 0.2) is 48.5 Å². The van der Waals surface area contributed by atoms with Crippen LogP contribution < -0.4 is 0 Å². The third-order valence-electron chi connectivity index (χ3n) is 6.47. The third kappa shape index (κ3) is 4.12. The molecule has 176 valence electrons. The average Bonchev–Trinajstić information content (AvgIpc) is 3.06. The Morgan fingerprint density at radius 3 is 2.26 bits per heavy atom. The number of fused-ring (bicyclic) bond motifs is 1. The lowest BCUT2D eigenvalue weighted by Gasteiger charge is -2.30. The largest absolute Gasteiger partial charge is 0.274 e. The minimum Gasteiger partial charge on any atom is -0.272 e. The molecule has 0 aromatic heterocycles. The summed E-state index contributed by atoms with van der Waals surface area (Å²) >= 11 is 0. The smallest absolute Gasteiger partial charge is 0.272 e. The molecule has 1 aliphatic carbocycles. The number of amides is 3. The third-order valence-corrected chi connectivity index (χ3v) is 6.47. The van der Waals surface area contributed by atoms with Crippen LogP contribution in [0.3, 0.4) is 0 Å². The van der Waals surface area contributed by atoms with Gasteiger partial charge >= 0.3 is 0 Å². The number of hydrazine groups is 1. The maximum Gasteiger partial charge on any atom is 0.274 e. The molecule has 0 bridgehead atoms. The van der Waals surface area contributed by atoms with Crippen molar-refractivity contribution in [3.63, 3.8) is 0 Å². The predicted molar refractivity (Wildman–Crippen MR) is 118 cm³/mol. The second-order valence-corrected chi connectivity index (χ2v) is 8.67. The number of nitro benzene ring substituents is 2. The number of nitro groups is 2. The molecule has 0 spiro atoms. The number of para-hydroxylation sites is 1. The summed E-state index contributed by atoms with van der Waals surface area (Å²) in [6.45, 7) is 1.61. The number of carbonyl (C=O) groups is 3. The number of rotatable bonds is 6. The summed E-state index contributed by atoms with van der Waals surface area (Å²) in [5.41, 5.74) is -0.330. The zero-order chi connectivity index (χ0) is 24.6. The van der Waals surface area contributed by atoms with Gasteiger partial charge in [-0.2, -0.15) is 5.01 Å². The van der Waals surface area contributed by atoms with Crippen molar-refractivity contribution in [2.75, 3.05) is 0 Å². The monoisotopic (exact) mass is 466 g/mol. The standard InChI is InChI=1S/C23H22N4O7/c1-14-6-11-18-19(12-14)23(30)25(22(18)29)24(13-16-4-2-3-5-20(16)27(33)34)21(28)15-7-9-17(10-8-15)26(31)32/h2-5,7-10,14,18-19H,6,11-13H2,1H3/t14-,18+,19+/m1/s1. The minimum absolute atomic E-state index is 0.00743. The van der Waals surface area contributed by atoms with Crippen LogP contribution in [0.25, 0.3) is 0 Å². The Kier molecular flexibility index (Phi) is 6.10. The van der Waals surface area contributed by atoms with Crippen LogP contribution in [0.2, 0.25) is 0 Å². The van der Waals surface area contributed by atoms with Crippen LogP contribution in [-0.2, 0) is 16.1 Å². The fourth-order valence-corrected chi connectivity index (χ4v) is 4.70. The molecule has 11 nitrogen and oxygen atoms in total. The lowest BCUT2D eigenvalue weighted by molar-refractivity contribution is -0.385. The van der Waals surface area contributed by atoms with Gasteiger partial charge in [0.25, 0.3) is 29.1 Å². The molecular formula is C23H22N4O7. The molecule has 2 aromatic carbocycles. The highest BCUT2D eigenvalue weighted by Crippen LogP contribution is 2.41. The highest BCUT2D eigenvalue weighted by molar-refractivity contribution is 6.07. The van der Waals surface area contributed by atoms with E-state index >= 15 is 0 Å². The maximum absolute atomic E-state index is 13.5. The molecule has 1 heterocycles. The predicted octanol–water partition coefficient (Wildman–Crippen LogP) is 3.48. The second-order valence-electron chi connectivity index (χ2n) is 8.67. The number of nitrogens with zero attached hydrogens (tertiary/aromatic N) is 4. The molecule has 3 atom stereocenters. The van der Waals surface area contributed by atoms with E-state index in [1.54, 1.807) is 6.07 Å². The van der Waals surface area contributed by atoms with Crippen molar-refractivity contribution in [3.05, 3.63) is 79.9 Å². The average molecular weight is 466 g/mol. The van der Waals surface area contributed by atoms with Crippen molar-refractivity contribution >= 4 is 29.1 Å². The van der Waals surface area contributed by atoms with Crippen molar-refractivity contribution < 1.29 is 24.2 Å². The van der Waals surface area contributed by atoms with Gasteiger partial charge in [0.15, 0.2) is 0 Å². The Morgan fingerprint density at radius 1 is 0.971 bits per heavy atom. The van der Waals surface area contributed by atoms with Gasteiger partial charge in [0.1, 0.15) is 0 Å². The molecule has 0 radical (unpaired) electrons. The van der Waals surface area contributed by atoms with Crippen molar-refractivity contribution in [3.8, 4) is 0 Å². The number of hydrogen-bond acceptors (Lipinski definition) is 7.